The number of nitrogens with one attached hydrogen (secondary N) is 1. The van der Waals surface area contributed by atoms with E-state index in [1.807, 2.05) is 24.3 Å². The molecule has 29 heavy (non-hydrogen) atoms. The second kappa shape index (κ2) is 10.9. The first-order valence-electron chi connectivity index (χ1n) is 10.3. The van der Waals surface area contributed by atoms with Crippen molar-refractivity contribution in [1.29, 1.82) is 0 Å². The summed E-state index contributed by atoms with van der Waals surface area (Å²) in [4.78, 5) is 30.7. The number of rotatable bonds is 8. The molecule has 160 valence electrons. The van der Waals surface area contributed by atoms with Crippen LogP contribution >= 0.6 is 11.6 Å². The molecule has 3 rings (SSSR count). The first-order chi connectivity index (χ1) is 14.1. The molecule has 7 nitrogen and oxygen atoms in total. The summed E-state index contributed by atoms with van der Waals surface area (Å²) in [5.41, 5.74) is 1.07. The Labute approximate surface area is 177 Å². The molecule has 2 aliphatic heterocycles. The van der Waals surface area contributed by atoms with Crippen LogP contribution in [0.1, 0.15) is 24.4 Å². The number of amides is 2. The average Bonchev–Trinajstić information content (AvgIpc) is 3.25. The quantitative estimate of drug-likeness (QED) is 0.685. The normalized spacial score (nSPS) is 19.3. The third kappa shape index (κ3) is 6.15. The van der Waals surface area contributed by atoms with Crippen molar-refractivity contribution in [3.05, 3.63) is 34.9 Å². The van der Waals surface area contributed by atoms with E-state index in [9.17, 15) is 9.59 Å². The molecule has 8 heteroatoms. The van der Waals surface area contributed by atoms with Gasteiger partial charge in [0.25, 0.3) is 0 Å². The van der Waals surface area contributed by atoms with Gasteiger partial charge in [-0.2, -0.15) is 0 Å². The number of hydrogen-bond donors (Lipinski definition) is 1. The van der Waals surface area contributed by atoms with Crippen LogP contribution in [-0.2, 0) is 14.3 Å². The van der Waals surface area contributed by atoms with E-state index in [0.717, 1.165) is 23.7 Å². The number of halogens is 1. The number of hydrogen-bond acceptors (Lipinski definition) is 5. The van der Waals surface area contributed by atoms with Gasteiger partial charge in [-0.25, -0.2) is 0 Å². The highest BCUT2D eigenvalue weighted by atomic mass is 35.5. The largest absolute Gasteiger partial charge is 0.375 e. The second-order valence-corrected chi connectivity index (χ2v) is 8.08. The fourth-order valence-corrected chi connectivity index (χ4v) is 4.34. The van der Waals surface area contributed by atoms with Crippen LogP contribution in [0, 0.1) is 0 Å². The lowest BCUT2D eigenvalue weighted by atomic mass is 10.1. The van der Waals surface area contributed by atoms with Gasteiger partial charge < -0.3 is 15.0 Å². The SMILES string of the molecule is COCC(=O)N1CCN(CC(=O)NCC(c2ccccc2Cl)N2CCCC2)CC1. The van der Waals surface area contributed by atoms with Gasteiger partial charge in [-0.3, -0.25) is 19.4 Å². The van der Waals surface area contributed by atoms with E-state index in [4.69, 9.17) is 16.3 Å². The van der Waals surface area contributed by atoms with E-state index in [0.29, 0.717) is 39.3 Å². The molecule has 2 heterocycles. The van der Waals surface area contributed by atoms with Gasteiger partial charge in [-0.1, -0.05) is 29.8 Å². The number of nitrogens with zero attached hydrogens (tertiary/aromatic N) is 3. The van der Waals surface area contributed by atoms with E-state index < -0.39 is 0 Å². The average molecular weight is 423 g/mol. The van der Waals surface area contributed by atoms with Crippen LogP contribution in [0.3, 0.4) is 0 Å². The summed E-state index contributed by atoms with van der Waals surface area (Å²) >= 11 is 6.44. The van der Waals surface area contributed by atoms with E-state index >= 15 is 0 Å². The number of likely N-dealkylation sites (tertiary alicyclic amines) is 1. The summed E-state index contributed by atoms with van der Waals surface area (Å²) in [6, 6.07) is 7.98. The Bertz CT molecular complexity index is 688. The van der Waals surface area contributed by atoms with E-state index in [1.165, 1.54) is 20.0 Å². The predicted octanol–water partition coefficient (Wildman–Crippen LogP) is 1.38. The van der Waals surface area contributed by atoms with Crippen LogP contribution in [0.4, 0.5) is 0 Å². The lowest BCUT2D eigenvalue weighted by Gasteiger charge is -2.34. The Morgan fingerprint density at radius 3 is 2.45 bits per heavy atom. The maximum absolute atomic E-state index is 12.6. The summed E-state index contributed by atoms with van der Waals surface area (Å²) in [6.45, 7) is 5.73. The molecule has 0 saturated carbocycles. The van der Waals surface area contributed by atoms with Crippen molar-refractivity contribution in [2.75, 3.05) is 66.1 Å². The molecule has 0 aromatic heterocycles. The number of methoxy groups -OCH3 is 1. The van der Waals surface area contributed by atoms with Crippen LogP contribution in [-0.4, -0.2) is 92.6 Å². The van der Waals surface area contributed by atoms with Crippen molar-refractivity contribution in [2.24, 2.45) is 0 Å². The molecule has 2 fully saturated rings. The molecule has 0 radical (unpaired) electrons. The lowest BCUT2D eigenvalue weighted by molar-refractivity contribution is -0.137. The fourth-order valence-electron chi connectivity index (χ4n) is 4.07. The van der Waals surface area contributed by atoms with Gasteiger partial charge in [-0.15, -0.1) is 0 Å². The first kappa shape index (κ1) is 22.0. The lowest BCUT2D eigenvalue weighted by Crippen LogP contribution is -2.52. The topological polar surface area (TPSA) is 65.1 Å². The molecule has 1 unspecified atom stereocenters. The van der Waals surface area contributed by atoms with Gasteiger partial charge in [0.1, 0.15) is 6.61 Å². The van der Waals surface area contributed by atoms with Gasteiger partial charge in [0.15, 0.2) is 0 Å². The van der Waals surface area contributed by atoms with Crippen LogP contribution in [0.15, 0.2) is 24.3 Å². The first-order valence-corrected chi connectivity index (χ1v) is 10.7. The second-order valence-electron chi connectivity index (χ2n) is 7.67. The molecular formula is C21H31ClN4O3. The molecule has 0 spiro atoms. The van der Waals surface area contributed by atoms with E-state index in [2.05, 4.69) is 15.1 Å². The molecule has 1 atom stereocenters. The molecular weight excluding hydrogens is 392 g/mol. The molecule has 0 bridgehead atoms. The molecule has 2 saturated heterocycles. The number of carbonyl (C=O) groups is 2. The van der Waals surface area contributed by atoms with Crippen LogP contribution in [0.5, 0.6) is 0 Å². The van der Waals surface area contributed by atoms with Gasteiger partial charge in [0.2, 0.25) is 11.8 Å². The summed E-state index contributed by atoms with van der Waals surface area (Å²) in [5, 5.41) is 3.85. The minimum Gasteiger partial charge on any atom is -0.375 e. The third-order valence-corrected chi connectivity index (χ3v) is 6.04. The van der Waals surface area contributed by atoms with Gasteiger partial charge in [0, 0.05) is 44.9 Å². The van der Waals surface area contributed by atoms with Crippen molar-refractivity contribution in [2.45, 2.75) is 18.9 Å². The molecule has 2 aliphatic rings. The highest BCUT2D eigenvalue weighted by molar-refractivity contribution is 6.31. The Balaban J connectivity index is 1.49. The molecule has 1 N–H and O–H groups in total. The monoisotopic (exact) mass is 422 g/mol. The smallest absolute Gasteiger partial charge is 0.248 e. The number of carbonyl (C=O) groups excluding carboxylic acids is 2. The summed E-state index contributed by atoms with van der Waals surface area (Å²) in [5.74, 6) is 0.0164. The summed E-state index contributed by atoms with van der Waals surface area (Å²) in [6.07, 6.45) is 2.36. The zero-order valence-corrected chi connectivity index (χ0v) is 17.9. The zero-order chi connectivity index (χ0) is 20.6. The van der Waals surface area contributed by atoms with Crippen molar-refractivity contribution in [3.8, 4) is 0 Å². The van der Waals surface area contributed by atoms with Crippen molar-refractivity contribution in [3.63, 3.8) is 0 Å². The van der Waals surface area contributed by atoms with E-state index in [1.54, 1.807) is 4.90 Å². The van der Waals surface area contributed by atoms with Crippen LogP contribution < -0.4 is 5.32 Å². The van der Waals surface area contributed by atoms with Crippen molar-refractivity contribution in [1.82, 2.24) is 20.0 Å². The maximum Gasteiger partial charge on any atom is 0.248 e. The fraction of sp³-hybridized carbons (Fsp3) is 0.619. The molecule has 0 aliphatic carbocycles. The molecule has 1 aromatic rings. The maximum atomic E-state index is 12.6. The predicted molar refractivity (Wildman–Crippen MR) is 113 cm³/mol. The molecule has 1 aromatic carbocycles. The van der Waals surface area contributed by atoms with Gasteiger partial charge in [0.05, 0.1) is 12.6 Å². The Hall–Kier alpha value is -1.67. The third-order valence-electron chi connectivity index (χ3n) is 5.70. The van der Waals surface area contributed by atoms with Crippen molar-refractivity contribution >= 4 is 23.4 Å². The minimum atomic E-state index is 0.00444. The Morgan fingerprint density at radius 1 is 1.10 bits per heavy atom. The van der Waals surface area contributed by atoms with E-state index in [-0.39, 0.29) is 24.5 Å². The number of ether oxygens (including phenoxy) is 1. The zero-order valence-electron chi connectivity index (χ0n) is 17.1. The van der Waals surface area contributed by atoms with Crippen molar-refractivity contribution < 1.29 is 14.3 Å². The van der Waals surface area contributed by atoms with Gasteiger partial charge >= 0.3 is 0 Å². The van der Waals surface area contributed by atoms with Crippen LogP contribution in [0.2, 0.25) is 5.02 Å². The Kier molecular flexibility index (Phi) is 8.29. The minimum absolute atomic E-state index is 0.00444. The van der Waals surface area contributed by atoms with Crippen LogP contribution in [0.25, 0.3) is 0 Å². The molecule has 2 amide bonds. The standard InChI is InChI=1S/C21H31ClN4O3/c1-29-16-21(28)26-12-10-24(11-13-26)15-20(27)23-14-19(25-8-4-5-9-25)17-6-2-3-7-18(17)22/h2-3,6-7,19H,4-5,8-16H2,1H3,(H,23,27). The number of benzene rings is 1. The highest BCUT2D eigenvalue weighted by Gasteiger charge is 2.26. The van der Waals surface area contributed by atoms with Gasteiger partial charge in [-0.05, 0) is 37.6 Å². The Morgan fingerprint density at radius 2 is 1.79 bits per heavy atom. The summed E-state index contributed by atoms with van der Waals surface area (Å²) < 4.78 is 4.91. The number of piperazine rings is 1. The highest BCUT2D eigenvalue weighted by Crippen LogP contribution is 2.29. The summed E-state index contributed by atoms with van der Waals surface area (Å²) in [7, 11) is 1.52.